The number of aliphatic hydroxyl groups is 1. The number of anilines is 1. The third-order valence-corrected chi connectivity index (χ3v) is 9.81. The van der Waals surface area contributed by atoms with E-state index in [9.17, 15) is 35.9 Å². The summed E-state index contributed by atoms with van der Waals surface area (Å²) in [5, 5.41) is 21.5. The topological polar surface area (TPSA) is 144 Å². The lowest BCUT2D eigenvalue weighted by Crippen LogP contribution is -2.34. The van der Waals surface area contributed by atoms with E-state index in [0.29, 0.717) is 22.7 Å². The highest BCUT2D eigenvalue weighted by molar-refractivity contribution is 7.92. The third kappa shape index (κ3) is 8.43. The molecule has 0 saturated heterocycles. The number of aryl methyl sites for hydroxylation is 1. The van der Waals surface area contributed by atoms with Crippen molar-refractivity contribution in [3.05, 3.63) is 92.5 Å². The smallest absolute Gasteiger partial charge is 0.293 e. The number of carbonyl (C=O) groups is 1. The van der Waals surface area contributed by atoms with Crippen LogP contribution in [-0.2, 0) is 40.8 Å². The minimum atomic E-state index is -3.80. The molecule has 0 saturated carbocycles. The zero-order valence-electron chi connectivity index (χ0n) is 29.5. The summed E-state index contributed by atoms with van der Waals surface area (Å²) in [4.78, 5) is 18.6. The molecule has 1 unspecified atom stereocenters. The van der Waals surface area contributed by atoms with Gasteiger partial charge in [-0.15, -0.1) is 6.42 Å². The summed E-state index contributed by atoms with van der Waals surface area (Å²) < 4.78 is 87.7. The van der Waals surface area contributed by atoms with Crippen molar-refractivity contribution < 1.29 is 35.9 Å². The van der Waals surface area contributed by atoms with Crippen molar-refractivity contribution in [1.82, 2.24) is 29.9 Å². The SMILES string of the molecule is C#C[C@H]1CC(F)(F)c2nn(CC(=O)NC(Cc3cc(F)cc(F)c3)c3nc(C#CC(C)(C)O)ccc3-c3ccc(Cl)c4c(NS(C)(=O)=O)nn(C)c34)c(Cl)c21. The fourth-order valence-corrected chi connectivity index (χ4v) is 7.44. The number of nitrogens with one attached hydrogen (secondary N) is 2. The molecule has 5 aromatic rings. The van der Waals surface area contributed by atoms with Crippen LogP contribution in [0.3, 0.4) is 0 Å². The number of benzene rings is 2. The molecule has 0 fully saturated rings. The molecule has 286 valence electrons. The van der Waals surface area contributed by atoms with E-state index in [2.05, 4.69) is 38.0 Å². The summed E-state index contributed by atoms with van der Waals surface area (Å²) in [6.07, 6.45) is 5.50. The summed E-state index contributed by atoms with van der Waals surface area (Å²) in [5.41, 5.74) is -0.675. The van der Waals surface area contributed by atoms with Crippen LogP contribution in [0.4, 0.5) is 23.4 Å². The van der Waals surface area contributed by atoms with Crippen LogP contribution >= 0.6 is 23.2 Å². The first-order valence-electron chi connectivity index (χ1n) is 16.4. The van der Waals surface area contributed by atoms with Gasteiger partial charge in [-0.3, -0.25) is 14.2 Å². The lowest BCUT2D eigenvalue weighted by atomic mass is 9.93. The average Bonchev–Trinajstić information content (AvgIpc) is 3.66. The van der Waals surface area contributed by atoms with E-state index < -0.39 is 69.7 Å². The summed E-state index contributed by atoms with van der Waals surface area (Å²) in [6, 6.07) is 7.89. The molecule has 11 nitrogen and oxygen atoms in total. The Bertz CT molecular complexity index is 2580. The van der Waals surface area contributed by atoms with Gasteiger partial charge < -0.3 is 10.4 Å². The number of fused-ring (bicyclic) bond motifs is 2. The fourth-order valence-electron chi connectivity index (χ4n) is 6.39. The predicted octanol–water partition coefficient (Wildman–Crippen LogP) is 6.22. The molecule has 2 atom stereocenters. The lowest BCUT2D eigenvalue weighted by molar-refractivity contribution is -0.122. The van der Waals surface area contributed by atoms with Crippen molar-refractivity contribution in [1.29, 1.82) is 0 Å². The van der Waals surface area contributed by atoms with Gasteiger partial charge in [-0.1, -0.05) is 41.1 Å². The quantitative estimate of drug-likeness (QED) is 0.118. The maximum atomic E-state index is 14.8. The molecule has 3 heterocycles. The van der Waals surface area contributed by atoms with E-state index in [1.165, 1.54) is 30.7 Å². The zero-order valence-corrected chi connectivity index (χ0v) is 31.8. The van der Waals surface area contributed by atoms with Crippen LogP contribution in [0.15, 0.2) is 42.5 Å². The third-order valence-electron chi connectivity index (χ3n) is 8.53. The number of hydrogen-bond donors (Lipinski definition) is 3. The highest BCUT2D eigenvalue weighted by Gasteiger charge is 2.49. The van der Waals surface area contributed by atoms with Crippen LogP contribution in [0.25, 0.3) is 22.0 Å². The molecule has 0 radical (unpaired) electrons. The van der Waals surface area contributed by atoms with E-state index in [-0.39, 0.29) is 50.3 Å². The molecular weight excluding hydrogens is 785 g/mol. The highest BCUT2D eigenvalue weighted by atomic mass is 35.5. The first-order valence-corrected chi connectivity index (χ1v) is 19.0. The Balaban J connectivity index is 1.52. The Labute approximate surface area is 323 Å². The van der Waals surface area contributed by atoms with Crippen LogP contribution in [0, 0.1) is 35.8 Å². The number of amides is 1. The van der Waals surface area contributed by atoms with E-state index in [1.54, 1.807) is 19.2 Å². The van der Waals surface area contributed by atoms with Gasteiger partial charge in [-0.05, 0) is 62.1 Å². The molecule has 3 aromatic heterocycles. The number of alkyl halides is 2. The van der Waals surface area contributed by atoms with Gasteiger partial charge in [-0.2, -0.15) is 19.0 Å². The number of carbonyl (C=O) groups excluding carboxylic acids is 1. The standard InChI is InChI=1S/C37H31Cl2F4N7O4S/c1-6-20-17-37(42,43)33-29(20)34(39)50(46-33)18-28(51)45-27(15-19-13-21(40)16-22(41)14-19)31-24(8-7-23(44-31)11-12-36(2,3)52)25-9-10-26(38)30-32(25)49(4)47-35(30)48-55(5,53)54/h1,7-10,13-14,16,20,27,52H,15,17-18H2,2-5H3,(H,45,51)(H,47,48)/t20-,27?/m0/s1. The molecule has 6 rings (SSSR count). The molecule has 0 bridgehead atoms. The molecule has 2 aromatic carbocycles. The first kappa shape index (κ1) is 39.6. The Morgan fingerprint density at radius 2 is 1.80 bits per heavy atom. The van der Waals surface area contributed by atoms with Crippen LogP contribution in [0.2, 0.25) is 10.2 Å². The summed E-state index contributed by atoms with van der Waals surface area (Å²) in [5.74, 6) is 0.710. The lowest BCUT2D eigenvalue weighted by Gasteiger charge is -2.23. The molecule has 0 spiro atoms. The van der Waals surface area contributed by atoms with Gasteiger partial charge in [0.25, 0.3) is 5.92 Å². The minimum Gasteiger partial charge on any atom is -0.378 e. The predicted molar refractivity (Wildman–Crippen MR) is 199 cm³/mol. The van der Waals surface area contributed by atoms with E-state index in [0.717, 1.165) is 23.1 Å². The molecule has 55 heavy (non-hydrogen) atoms. The average molecular weight is 817 g/mol. The number of pyridine rings is 1. The van der Waals surface area contributed by atoms with Crippen molar-refractivity contribution in [2.45, 2.75) is 56.7 Å². The van der Waals surface area contributed by atoms with Crippen molar-refractivity contribution in [2.75, 3.05) is 11.0 Å². The molecule has 0 aliphatic heterocycles. The molecule has 3 N–H and O–H groups in total. The Kier molecular flexibility index (Phi) is 10.4. The summed E-state index contributed by atoms with van der Waals surface area (Å²) in [6.45, 7) is 2.27. The van der Waals surface area contributed by atoms with Crippen molar-refractivity contribution in [3.8, 4) is 35.3 Å². The number of nitrogens with zero attached hydrogens (tertiary/aromatic N) is 5. The second kappa shape index (κ2) is 14.5. The number of hydrogen-bond acceptors (Lipinski definition) is 7. The molecular formula is C37H31Cl2F4N7O4S. The van der Waals surface area contributed by atoms with Gasteiger partial charge in [0.1, 0.15) is 40.3 Å². The van der Waals surface area contributed by atoms with Crippen molar-refractivity contribution >= 4 is 55.9 Å². The van der Waals surface area contributed by atoms with Crippen molar-refractivity contribution in [3.63, 3.8) is 0 Å². The van der Waals surface area contributed by atoms with Crippen LogP contribution < -0.4 is 10.0 Å². The van der Waals surface area contributed by atoms with Crippen LogP contribution in [0.5, 0.6) is 0 Å². The Morgan fingerprint density at radius 3 is 2.44 bits per heavy atom. The molecule has 1 aliphatic carbocycles. The van der Waals surface area contributed by atoms with Gasteiger partial charge in [0.05, 0.1) is 39.8 Å². The first-order chi connectivity index (χ1) is 25.6. The largest absolute Gasteiger partial charge is 0.378 e. The highest BCUT2D eigenvalue weighted by Crippen LogP contribution is 2.50. The van der Waals surface area contributed by atoms with Gasteiger partial charge in [0.2, 0.25) is 15.9 Å². The second-order valence-corrected chi connectivity index (χ2v) is 16.1. The molecule has 1 amide bonds. The van der Waals surface area contributed by atoms with E-state index in [1.807, 2.05) is 0 Å². The van der Waals surface area contributed by atoms with Gasteiger partial charge in [0, 0.05) is 36.2 Å². The van der Waals surface area contributed by atoms with Crippen LogP contribution in [-0.4, -0.2) is 55.8 Å². The number of rotatable bonds is 9. The number of terminal acetylenes is 1. The van der Waals surface area contributed by atoms with Gasteiger partial charge >= 0.3 is 0 Å². The van der Waals surface area contributed by atoms with Crippen LogP contribution in [0.1, 0.15) is 60.4 Å². The molecule has 18 heteroatoms. The Morgan fingerprint density at radius 1 is 1.13 bits per heavy atom. The van der Waals surface area contributed by atoms with E-state index in [4.69, 9.17) is 34.6 Å². The van der Waals surface area contributed by atoms with E-state index >= 15 is 0 Å². The normalized spacial score (nSPS) is 15.6. The zero-order chi connectivity index (χ0) is 40.2. The second-order valence-electron chi connectivity index (χ2n) is 13.5. The maximum Gasteiger partial charge on any atom is 0.293 e. The molecule has 1 aliphatic rings. The van der Waals surface area contributed by atoms with Gasteiger partial charge in [0.15, 0.2) is 5.82 Å². The maximum absolute atomic E-state index is 14.8. The summed E-state index contributed by atoms with van der Waals surface area (Å²) in [7, 11) is -2.24. The number of sulfonamides is 1. The Hall–Kier alpha value is -5.13. The fraction of sp³-hybridized carbons (Fsp3) is 0.297. The number of aromatic nitrogens is 5. The summed E-state index contributed by atoms with van der Waals surface area (Å²) >= 11 is 13.0. The monoisotopic (exact) mass is 815 g/mol. The number of halogens is 6. The van der Waals surface area contributed by atoms with Gasteiger partial charge in [-0.25, -0.2) is 26.9 Å². The minimum absolute atomic E-state index is 0.0524. The van der Waals surface area contributed by atoms with Crippen molar-refractivity contribution in [2.24, 2.45) is 7.05 Å².